The molecule has 1 amide bonds. The van der Waals surface area contributed by atoms with Crippen molar-refractivity contribution in [3.05, 3.63) is 0 Å². The fourth-order valence-corrected chi connectivity index (χ4v) is 3.28. The van der Waals surface area contributed by atoms with Crippen LogP contribution in [0.2, 0.25) is 0 Å². The smallest absolute Gasteiger partial charge is 0.311 e. The molecule has 0 saturated carbocycles. The van der Waals surface area contributed by atoms with Gasteiger partial charge in [0.05, 0.1) is 5.41 Å². The van der Waals surface area contributed by atoms with E-state index < -0.39 is 11.4 Å². The molecule has 3 atom stereocenters. The quantitative estimate of drug-likeness (QED) is 0.816. The number of likely N-dealkylation sites (tertiary alicyclic amines) is 1. The van der Waals surface area contributed by atoms with Gasteiger partial charge in [0.25, 0.3) is 0 Å². The van der Waals surface area contributed by atoms with Crippen LogP contribution in [0, 0.1) is 17.3 Å². The number of aliphatic carboxylic acids is 1. The minimum Gasteiger partial charge on any atom is -0.481 e. The van der Waals surface area contributed by atoms with Crippen molar-refractivity contribution in [1.82, 2.24) is 10.2 Å². The van der Waals surface area contributed by atoms with E-state index in [0.717, 1.165) is 13.1 Å². The maximum Gasteiger partial charge on any atom is 0.311 e. The number of hydrogen-bond donors (Lipinski definition) is 2. The van der Waals surface area contributed by atoms with Crippen molar-refractivity contribution in [3.8, 4) is 0 Å². The van der Waals surface area contributed by atoms with Gasteiger partial charge in [0, 0.05) is 19.5 Å². The summed E-state index contributed by atoms with van der Waals surface area (Å²) in [7, 11) is 0. The molecule has 0 aliphatic carbocycles. The first-order valence-electron chi connectivity index (χ1n) is 7.64. The molecule has 2 aliphatic rings. The molecule has 2 fully saturated rings. The molecule has 0 aromatic rings. The summed E-state index contributed by atoms with van der Waals surface area (Å²) in [5.41, 5.74) is -0.759. The van der Waals surface area contributed by atoms with Crippen LogP contribution >= 0.6 is 0 Å². The molecule has 2 rings (SSSR count). The van der Waals surface area contributed by atoms with E-state index in [1.54, 1.807) is 11.8 Å². The molecule has 5 heteroatoms. The third-order valence-corrected chi connectivity index (χ3v) is 4.98. The van der Waals surface area contributed by atoms with Crippen molar-refractivity contribution >= 4 is 11.9 Å². The number of rotatable bonds is 4. The SMILES string of the molecule is CC(CC(=O)N1CCC(C)(C(=O)O)C1)C1CCCNC1. The predicted octanol–water partition coefficient (Wildman–Crippen LogP) is 1.34. The van der Waals surface area contributed by atoms with Gasteiger partial charge in [-0.3, -0.25) is 9.59 Å². The largest absolute Gasteiger partial charge is 0.481 e. The zero-order valence-corrected chi connectivity index (χ0v) is 12.5. The molecule has 2 aliphatic heterocycles. The number of carbonyl (C=O) groups excluding carboxylic acids is 1. The monoisotopic (exact) mass is 282 g/mol. The second-order valence-electron chi connectivity index (χ2n) is 6.72. The van der Waals surface area contributed by atoms with E-state index in [4.69, 9.17) is 0 Å². The Labute approximate surface area is 120 Å². The Hall–Kier alpha value is -1.10. The molecule has 114 valence electrons. The molecule has 2 heterocycles. The molecule has 0 radical (unpaired) electrons. The van der Waals surface area contributed by atoms with Crippen molar-refractivity contribution in [3.63, 3.8) is 0 Å². The fraction of sp³-hybridized carbons (Fsp3) is 0.867. The van der Waals surface area contributed by atoms with Crippen molar-refractivity contribution in [2.24, 2.45) is 17.3 Å². The van der Waals surface area contributed by atoms with Gasteiger partial charge in [0.2, 0.25) is 5.91 Å². The van der Waals surface area contributed by atoms with Crippen LogP contribution in [0.15, 0.2) is 0 Å². The Morgan fingerprint density at radius 3 is 2.80 bits per heavy atom. The minimum atomic E-state index is -0.794. The van der Waals surface area contributed by atoms with Crippen molar-refractivity contribution < 1.29 is 14.7 Å². The number of nitrogens with zero attached hydrogens (tertiary/aromatic N) is 1. The maximum absolute atomic E-state index is 12.3. The van der Waals surface area contributed by atoms with Gasteiger partial charge in [-0.1, -0.05) is 6.92 Å². The number of nitrogens with one attached hydrogen (secondary N) is 1. The van der Waals surface area contributed by atoms with Crippen LogP contribution in [0.5, 0.6) is 0 Å². The van der Waals surface area contributed by atoms with Gasteiger partial charge in [-0.05, 0) is 51.1 Å². The van der Waals surface area contributed by atoms with Crippen molar-refractivity contribution in [1.29, 1.82) is 0 Å². The second kappa shape index (κ2) is 6.12. The molecule has 0 spiro atoms. The lowest BCUT2D eigenvalue weighted by Crippen LogP contribution is -2.38. The predicted molar refractivity (Wildman–Crippen MR) is 76.3 cm³/mol. The van der Waals surface area contributed by atoms with Crippen LogP contribution in [0.25, 0.3) is 0 Å². The molecule has 0 aromatic heterocycles. The number of carbonyl (C=O) groups is 2. The summed E-state index contributed by atoms with van der Waals surface area (Å²) >= 11 is 0. The standard InChI is InChI=1S/C15H26N2O3/c1-11(12-4-3-6-16-9-12)8-13(18)17-7-5-15(2,10-17)14(19)20/h11-12,16H,3-10H2,1-2H3,(H,19,20). The van der Waals surface area contributed by atoms with Gasteiger partial charge >= 0.3 is 5.97 Å². The summed E-state index contributed by atoms with van der Waals surface area (Å²) in [5.74, 6) is 0.263. The molecule has 2 N–H and O–H groups in total. The highest BCUT2D eigenvalue weighted by atomic mass is 16.4. The molecular formula is C15H26N2O3. The zero-order chi connectivity index (χ0) is 14.8. The minimum absolute atomic E-state index is 0.119. The van der Waals surface area contributed by atoms with Crippen LogP contribution < -0.4 is 5.32 Å². The first kappa shape index (κ1) is 15.3. The second-order valence-corrected chi connectivity index (χ2v) is 6.72. The lowest BCUT2D eigenvalue weighted by Gasteiger charge is -2.29. The summed E-state index contributed by atoms with van der Waals surface area (Å²) in [6.07, 6.45) is 3.48. The number of carboxylic acids is 1. The summed E-state index contributed by atoms with van der Waals surface area (Å²) in [4.78, 5) is 25.3. The first-order chi connectivity index (χ1) is 9.42. The zero-order valence-electron chi connectivity index (χ0n) is 12.5. The third kappa shape index (κ3) is 3.32. The van der Waals surface area contributed by atoms with Crippen LogP contribution in [0.4, 0.5) is 0 Å². The lowest BCUT2D eigenvalue weighted by atomic mass is 9.85. The molecule has 0 aromatic carbocycles. The third-order valence-electron chi connectivity index (χ3n) is 4.98. The van der Waals surface area contributed by atoms with Gasteiger partial charge < -0.3 is 15.3 Å². The van der Waals surface area contributed by atoms with Gasteiger partial charge in [0.1, 0.15) is 0 Å². The number of carboxylic acid groups (broad SMARTS) is 1. The van der Waals surface area contributed by atoms with Gasteiger partial charge in [0.15, 0.2) is 0 Å². The van der Waals surface area contributed by atoms with E-state index in [2.05, 4.69) is 12.2 Å². The summed E-state index contributed by atoms with van der Waals surface area (Å²) < 4.78 is 0. The first-order valence-corrected chi connectivity index (χ1v) is 7.64. The Morgan fingerprint density at radius 2 is 2.25 bits per heavy atom. The van der Waals surface area contributed by atoms with Crippen molar-refractivity contribution in [2.45, 2.75) is 39.5 Å². The van der Waals surface area contributed by atoms with Gasteiger partial charge in [-0.2, -0.15) is 0 Å². The van der Waals surface area contributed by atoms with E-state index in [0.29, 0.717) is 37.8 Å². The Bertz CT molecular complexity index is 379. The number of hydrogen-bond acceptors (Lipinski definition) is 3. The lowest BCUT2D eigenvalue weighted by molar-refractivity contribution is -0.147. The Balaban J connectivity index is 1.84. The normalized spacial score (nSPS) is 32.1. The molecule has 3 unspecified atom stereocenters. The van der Waals surface area contributed by atoms with E-state index in [9.17, 15) is 14.7 Å². The topological polar surface area (TPSA) is 69.6 Å². The number of amides is 1. The van der Waals surface area contributed by atoms with Crippen molar-refractivity contribution in [2.75, 3.05) is 26.2 Å². The van der Waals surface area contributed by atoms with E-state index in [1.165, 1.54) is 12.8 Å². The van der Waals surface area contributed by atoms with E-state index in [-0.39, 0.29) is 5.91 Å². The highest BCUT2D eigenvalue weighted by Crippen LogP contribution is 2.31. The number of piperidine rings is 1. The fourth-order valence-electron chi connectivity index (χ4n) is 3.28. The van der Waals surface area contributed by atoms with Gasteiger partial charge in [-0.25, -0.2) is 0 Å². The Kier molecular flexibility index (Phi) is 4.68. The molecule has 5 nitrogen and oxygen atoms in total. The van der Waals surface area contributed by atoms with Gasteiger partial charge in [-0.15, -0.1) is 0 Å². The highest BCUT2D eigenvalue weighted by molar-refractivity contribution is 5.80. The average molecular weight is 282 g/mol. The van der Waals surface area contributed by atoms with E-state index in [1.807, 2.05) is 0 Å². The average Bonchev–Trinajstić information content (AvgIpc) is 2.84. The molecular weight excluding hydrogens is 256 g/mol. The van der Waals surface area contributed by atoms with Crippen LogP contribution in [0.3, 0.4) is 0 Å². The highest BCUT2D eigenvalue weighted by Gasteiger charge is 2.42. The summed E-state index contributed by atoms with van der Waals surface area (Å²) in [6, 6.07) is 0. The molecule has 2 saturated heterocycles. The van der Waals surface area contributed by atoms with Crippen LogP contribution in [-0.4, -0.2) is 48.1 Å². The molecule has 20 heavy (non-hydrogen) atoms. The van der Waals surface area contributed by atoms with E-state index >= 15 is 0 Å². The maximum atomic E-state index is 12.3. The molecule has 0 bridgehead atoms. The van der Waals surface area contributed by atoms with Crippen LogP contribution in [0.1, 0.15) is 39.5 Å². The Morgan fingerprint density at radius 1 is 1.50 bits per heavy atom. The summed E-state index contributed by atoms with van der Waals surface area (Å²) in [5, 5.41) is 12.6. The summed E-state index contributed by atoms with van der Waals surface area (Å²) in [6.45, 7) is 6.90. The van der Waals surface area contributed by atoms with Crippen LogP contribution in [-0.2, 0) is 9.59 Å².